The minimum Gasteiger partial charge on any atom is -0.495 e. The number of benzene rings is 2. The summed E-state index contributed by atoms with van der Waals surface area (Å²) in [5, 5.41) is 3.91. The number of hydrogen-bond donors (Lipinski definition) is 1. The Morgan fingerprint density at radius 1 is 1.08 bits per heavy atom. The van der Waals surface area contributed by atoms with Gasteiger partial charge in [-0.25, -0.2) is 0 Å². The maximum atomic E-state index is 12.5. The molecule has 2 aromatic carbocycles. The largest absolute Gasteiger partial charge is 0.495 e. The summed E-state index contributed by atoms with van der Waals surface area (Å²) < 4.78 is 5.29. The zero-order chi connectivity index (χ0) is 17.6. The van der Waals surface area contributed by atoms with Gasteiger partial charge in [0.2, 0.25) is 5.91 Å². The van der Waals surface area contributed by atoms with Crippen LogP contribution in [0, 0.1) is 0 Å². The lowest BCUT2D eigenvalue weighted by Gasteiger charge is -2.36. The number of hydrogen-bond acceptors (Lipinski definition) is 4. The summed E-state index contributed by atoms with van der Waals surface area (Å²) in [6.07, 6.45) is 0. The summed E-state index contributed by atoms with van der Waals surface area (Å²) in [4.78, 5) is 16.6. The lowest BCUT2D eigenvalue weighted by Crippen LogP contribution is -2.50. The van der Waals surface area contributed by atoms with Gasteiger partial charge in [-0.1, -0.05) is 35.9 Å². The number of rotatable bonds is 5. The molecule has 3 rings (SSSR count). The number of halogens is 1. The topological polar surface area (TPSA) is 44.8 Å². The molecule has 1 fully saturated rings. The van der Waals surface area contributed by atoms with E-state index in [9.17, 15) is 4.79 Å². The van der Waals surface area contributed by atoms with Crippen molar-refractivity contribution in [1.29, 1.82) is 0 Å². The molecule has 25 heavy (non-hydrogen) atoms. The Kier molecular flexibility index (Phi) is 5.66. The third-order valence-electron chi connectivity index (χ3n) is 4.36. The molecule has 0 atom stereocenters. The average molecular weight is 360 g/mol. The molecule has 1 heterocycles. The summed E-state index contributed by atoms with van der Waals surface area (Å²) in [6, 6.07) is 15.4. The van der Waals surface area contributed by atoms with E-state index in [0.717, 1.165) is 35.2 Å². The van der Waals surface area contributed by atoms with Crippen LogP contribution in [0.3, 0.4) is 0 Å². The van der Waals surface area contributed by atoms with Crippen molar-refractivity contribution < 1.29 is 9.53 Å². The van der Waals surface area contributed by atoms with Gasteiger partial charge in [0.05, 0.1) is 30.1 Å². The number of piperazine rings is 1. The molecule has 6 heteroatoms. The zero-order valence-corrected chi connectivity index (χ0v) is 15.0. The second kappa shape index (κ2) is 8.12. The standard InChI is InChI=1S/C19H22ClN3O2/c1-25-18-9-5-3-7-16(18)21-14-19(24)23-12-10-22(11-13-23)17-8-4-2-6-15(17)20/h2-9,21H,10-14H2,1H3. The minimum atomic E-state index is 0.0877. The first-order chi connectivity index (χ1) is 12.2. The lowest BCUT2D eigenvalue weighted by molar-refractivity contribution is -0.129. The van der Waals surface area contributed by atoms with E-state index < -0.39 is 0 Å². The molecule has 5 nitrogen and oxygen atoms in total. The monoisotopic (exact) mass is 359 g/mol. The second-order valence-electron chi connectivity index (χ2n) is 5.87. The molecular formula is C19H22ClN3O2. The molecule has 0 bridgehead atoms. The van der Waals surface area contributed by atoms with Gasteiger partial charge in [0, 0.05) is 26.2 Å². The SMILES string of the molecule is COc1ccccc1NCC(=O)N1CCN(c2ccccc2Cl)CC1. The van der Waals surface area contributed by atoms with Crippen molar-refractivity contribution in [3.8, 4) is 5.75 Å². The van der Waals surface area contributed by atoms with E-state index in [2.05, 4.69) is 10.2 Å². The number of nitrogens with zero attached hydrogens (tertiary/aromatic N) is 2. The Bertz CT molecular complexity index is 730. The van der Waals surface area contributed by atoms with Crippen molar-refractivity contribution in [3.63, 3.8) is 0 Å². The van der Waals surface area contributed by atoms with Crippen LogP contribution in [0.1, 0.15) is 0 Å². The van der Waals surface area contributed by atoms with Crippen LogP contribution in [-0.2, 0) is 4.79 Å². The van der Waals surface area contributed by atoms with Crippen LogP contribution in [0.15, 0.2) is 48.5 Å². The van der Waals surface area contributed by atoms with Crippen molar-refractivity contribution in [2.75, 3.05) is 50.1 Å². The fourth-order valence-electron chi connectivity index (χ4n) is 2.98. The Morgan fingerprint density at radius 3 is 2.48 bits per heavy atom. The van der Waals surface area contributed by atoms with Crippen LogP contribution in [0.25, 0.3) is 0 Å². The molecule has 0 aromatic heterocycles. The molecule has 1 N–H and O–H groups in total. The van der Waals surface area contributed by atoms with E-state index in [1.165, 1.54) is 0 Å². The molecule has 2 aromatic rings. The lowest BCUT2D eigenvalue weighted by atomic mass is 10.2. The van der Waals surface area contributed by atoms with Gasteiger partial charge in [-0.15, -0.1) is 0 Å². The molecule has 0 spiro atoms. The second-order valence-corrected chi connectivity index (χ2v) is 6.28. The summed E-state index contributed by atoms with van der Waals surface area (Å²) in [5.41, 5.74) is 1.86. The summed E-state index contributed by atoms with van der Waals surface area (Å²) >= 11 is 6.26. The predicted octanol–water partition coefficient (Wildman–Crippen LogP) is 3.11. The maximum absolute atomic E-state index is 12.5. The van der Waals surface area contributed by atoms with Gasteiger partial charge >= 0.3 is 0 Å². The number of nitrogens with one attached hydrogen (secondary N) is 1. The first-order valence-electron chi connectivity index (χ1n) is 8.33. The van der Waals surface area contributed by atoms with Gasteiger partial charge in [-0.05, 0) is 24.3 Å². The summed E-state index contributed by atoms with van der Waals surface area (Å²) in [7, 11) is 1.62. The highest BCUT2D eigenvalue weighted by Crippen LogP contribution is 2.26. The quantitative estimate of drug-likeness (QED) is 0.891. The molecule has 0 radical (unpaired) electrons. The van der Waals surface area contributed by atoms with Crippen molar-refractivity contribution in [1.82, 2.24) is 4.90 Å². The molecule has 1 amide bonds. The normalized spacial score (nSPS) is 14.3. The Labute approximate surface area is 153 Å². The molecule has 0 unspecified atom stereocenters. The van der Waals surface area contributed by atoms with Crippen LogP contribution in [-0.4, -0.2) is 50.6 Å². The number of anilines is 2. The Balaban J connectivity index is 1.53. The number of para-hydroxylation sites is 3. The van der Waals surface area contributed by atoms with Gasteiger partial charge in [-0.3, -0.25) is 4.79 Å². The summed E-state index contributed by atoms with van der Waals surface area (Å²) in [6.45, 7) is 3.20. The van der Waals surface area contributed by atoms with Crippen LogP contribution in [0.2, 0.25) is 5.02 Å². The third kappa shape index (κ3) is 4.17. The van der Waals surface area contributed by atoms with E-state index >= 15 is 0 Å². The van der Waals surface area contributed by atoms with Crippen molar-refractivity contribution in [2.45, 2.75) is 0 Å². The highest BCUT2D eigenvalue weighted by molar-refractivity contribution is 6.33. The fourth-order valence-corrected chi connectivity index (χ4v) is 3.23. The van der Waals surface area contributed by atoms with E-state index in [4.69, 9.17) is 16.3 Å². The molecule has 132 valence electrons. The van der Waals surface area contributed by atoms with E-state index in [-0.39, 0.29) is 12.5 Å². The van der Waals surface area contributed by atoms with Crippen LogP contribution < -0.4 is 15.0 Å². The van der Waals surface area contributed by atoms with E-state index in [1.807, 2.05) is 53.4 Å². The molecule has 1 aliphatic rings. The zero-order valence-electron chi connectivity index (χ0n) is 14.2. The highest BCUT2D eigenvalue weighted by atomic mass is 35.5. The van der Waals surface area contributed by atoms with Gasteiger partial charge in [0.15, 0.2) is 0 Å². The average Bonchev–Trinajstić information content (AvgIpc) is 2.67. The highest BCUT2D eigenvalue weighted by Gasteiger charge is 2.22. The van der Waals surface area contributed by atoms with E-state index in [0.29, 0.717) is 13.1 Å². The molecule has 1 aliphatic heterocycles. The van der Waals surface area contributed by atoms with Gasteiger partial charge in [0.25, 0.3) is 0 Å². The number of carbonyl (C=O) groups excluding carboxylic acids is 1. The van der Waals surface area contributed by atoms with Gasteiger partial charge in [-0.2, -0.15) is 0 Å². The molecule has 1 saturated heterocycles. The van der Waals surface area contributed by atoms with Gasteiger partial charge < -0.3 is 19.9 Å². The first kappa shape index (κ1) is 17.4. The third-order valence-corrected chi connectivity index (χ3v) is 4.68. The molecule has 0 saturated carbocycles. The van der Waals surface area contributed by atoms with Gasteiger partial charge in [0.1, 0.15) is 5.75 Å². The predicted molar refractivity (Wildman–Crippen MR) is 102 cm³/mol. The fraction of sp³-hybridized carbons (Fsp3) is 0.316. The Hall–Kier alpha value is -2.40. The van der Waals surface area contributed by atoms with Crippen molar-refractivity contribution in [2.24, 2.45) is 0 Å². The maximum Gasteiger partial charge on any atom is 0.241 e. The van der Waals surface area contributed by atoms with E-state index in [1.54, 1.807) is 7.11 Å². The molecule has 0 aliphatic carbocycles. The van der Waals surface area contributed by atoms with Crippen molar-refractivity contribution >= 4 is 28.9 Å². The number of carbonyl (C=O) groups is 1. The van der Waals surface area contributed by atoms with Crippen LogP contribution in [0.4, 0.5) is 11.4 Å². The number of amides is 1. The summed E-state index contributed by atoms with van der Waals surface area (Å²) in [5.74, 6) is 0.823. The van der Waals surface area contributed by atoms with Crippen LogP contribution >= 0.6 is 11.6 Å². The molecular weight excluding hydrogens is 338 g/mol. The van der Waals surface area contributed by atoms with Crippen LogP contribution in [0.5, 0.6) is 5.75 Å². The number of ether oxygens (including phenoxy) is 1. The first-order valence-corrected chi connectivity index (χ1v) is 8.71. The number of methoxy groups -OCH3 is 1. The Morgan fingerprint density at radius 2 is 1.76 bits per heavy atom. The van der Waals surface area contributed by atoms with Crippen molar-refractivity contribution in [3.05, 3.63) is 53.6 Å². The smallest absolute Gasteiger partial charge is 0.241 e. The minimum absolute atomic E-state index is 0.0877.